The van der Waals surface area contributed by atoms with Crippen LogP contribution in [0.1, 0.15) is 42.0 Å². The zero-order valence-electron chi connectivity index (χ0n) is 11.2. The van der Waals surface area contributed by atoms with Crippen molar-refractivity contribution in [2.45, 2.75) is 51.2 Å². The molecule has 1 unspecified atom stereocenters. The fourth-order valence-corrected chi connectivity index (χ4v) is 3.34. The highest BCUT2D eigenvalue weighted by atomic mass is 32.1. The summed E-state index contributed by atoms with van der Waals surface area (Å²) in [5, 5.41) is 4.89. The van der Waals surface area contributed by atoms with Crippen molar-refractivity contribution in [3.05, 3.63) is 34.8 Å². The van der Waals surface area contributed by atoms with Gasteiger partial charge in [-0.2, -0.15) is 0 Å². The van der Waals surface area contributed by atoms with Crippen molar-refractivity contribution in [1.29, 1.82) is 0 Å². The van der Waals surface area contributed by atoms with Crippen LogP contribution >= 0.6 is 11.3 Å². The molecule has 2 aromatic rings. The fourth-order valence-electron chi connectivity index (χ4n) is 2.30. The third kappa shape index (κ3) is 3.22. The predicted molar refractivity (Wildman–Crippen MR) is 77.2 cm³/mol. The minimum Gasteiger partial charge on any atom is -0.336 e. The van der Waals surface area contributed by atoms with Crippen molar-refractivity contribution in [3.8, 4) is 0 Å². The average Bonchev–Trinajstić information content (AvgIpc) is 2.96. The van der Waals surface area contributed by atoms with E-state index in [-0.39, 0.29) is 0 Å². The van der Waals surface area contributed by atoms with Crippen molar-refractivity contribution in [3.63, 3.8) is 0 Å². The van der Waals surface area contributed by atoms with Crippen molar-refractivity contribution in [2.24, 2.45) is 0 Å². The van der Waals surface area contributed by atoms with E-state index in [9.17, 15) is 0 Å². The van der Waals surface area contributed by atoms with Gasteiger partial charge in [-0.25, -0.2) is 9.97 Å². The van der Waals surface area contributed by atoms with Gasteiger partial charge in [0.05, 0.1) is 11.3 Å². The molecule has 1 aliphatic carbocycles. The molecule has 0 bridgehead atoms. The zero-order chi connectivity index (χ0) is 13.1. The molecule has 4 nitrogen and oxygen atoms in total. The molecule has 0 radical (unpaired) electrons. The molecule has 2 heterocycles. The standard InChI is InChI=1S/C14H20N4S/c1-11(9-18-6-5-15-10-18)16-7-13-8-17-14(19-13)12-3-2-4-12/h5-6,8,10-12,16H,2-4,7,9H2,1H3. The smallest absolute Gasteiger partial charge is 0.0959 e. The molecule has 5 heteroatoms. The first-order chi connectivity index (χ1) is 9.31. The van der Waals surface area contributed by atoms with E-state index < -0.39 is 0 Å². The van der Waals surface area contributed by atoms with E-state index in [0.29, 0.717) is 6.04 Å². The normalized spacial score (nSPS) is 17.3. The number of aromatic nitrogens is 3. The van der Waals surface area contributed by atoms with E-state index >= 15 is 0 Å². The monoisotopic (exact) mass is 276 g/mol. The Balaban J connectivity index is 1.47. The Hall–Kier alpha value is -1.20. The molecule has 0 aromatic carbocycles. The molecule has 1 fully saturated rings. The molecule has 0 amide bonds. The van der Waals surface area contributed by atoms with Gasteiger partial charge in [-0.3, -0.25) is 0 Å². The van der Waals surface area contributed by atoms with Crippen molar-refractivity contribution >= 4 is 11.3 Å². The average molecular weight is 276 g/mol. The van der Waals surface area contributed by atoms with E-state index in [1.54, 1.807) is 0 Å². The fraction of sp³-hybridized carbons (Fsp3) is 0.571. The largest absolute Gasteiger partial charge is 0.336 e. The highest BCUT2D eigenvalue weighted by Gasteiger charge is 2.22. The minimum absolute atomic E-state index is 0.434. The molecule has 102 valence electrons. The van der Waals surface area contributed by atoms with Crippen LogP contribution in [0.5, 0.6) is 0 Å². The lowest BCUT2D eigenvalue weighted by molar-refractivity contribution is 0.418. The second-order valence-electron chi connectivity index (χ2n) is 5.33. The van der Waals surface area contributed by atoms with Gasteiger partial charge in [-0.1, -0.05) is 6.42 Å². The van der Waals surface area contributed by atoms with Gasteiger partial charge in [0.2, 0.25) is 0 Å². The quantitative estimate of drug-likeness (QED) is 0.882. The lowest BCUT2D eigenvalue weighted by Crippen LogP contribution is -2.29. The number of hydrogen-bond donors (Lipinski definition) is 1. The van der Waals surface area contributed by atoms with Crippen LogP contribution in [0.25, 0.3) is 0 Å². The summed E-state index contributed by atoms with van der Waals surface area (Å²) in [7, 11) is 0. The number of thiazole rings is 1. The van der Waals surface area contributed by atoms with Crippen LogP contribution in [0, 0.1) is 0 Å². The van der Waals surface area contributed by atoms with Gasteiger partial charge in [0.1, 0.15) is 0 Å². The lowest BCUT2D eigenvalue weighted by Gasteiger charge is -2.22. The SMILES string of the molecule is CC(Cn1ccnc1)NCc1cnc(C2CCC2)s1. The van der Waals surface area contributed by atoms with Crippen LogP contribution in [-0.4, -0.2) is 20.6 Å². The van der Waals surface area contributed by atoms with Crippen LogP contribution in [-0.2, 0) is 13.1 Å². The molecule has 3 rings (SSSR count). The second kappa shape index (κ2) is 5.84. The summed E-state index contributed by atoms with van der Waals surface area (Å²) >= 11 is 1.87. The van der Waals surface area contributed by atoms with Gasteiger partial charge in [-0.15, -0.1) is 11.3 Å². The summed E-state index contributed by atoms with van der Waals surface area (Å²) < 4.78 is 2.10. The zero-order valence-corrected chi connectivity index (χ0v) is 12.1. The second-order valence-corrected chi connectivity index (χ2v) is 6.48. The van der Waals surface area contributed by atoms with Gasteiger partial charge < -0.3 is 9.88 Å². The third-order valence-electron chi connectivity index (χ3n) is 3.69. The Morgan fingerprint density at radius 3 is 3.11 bits per heavy atom. The molecule has 19 heavy (non-hydrogen) atoms. The highest BCUT2D eigenvalue weighted by molar-refractivity contribution is 7.11. The molecular formula is C14H20N4S. The van der Waals surface area contributed by atoms with Gasteiger partial charge in [0, 0.05) is 48.5 Å². The first-order valence-corrected chi connectivity index (χ1v) is 7.76. The summed E-state index contributed by atoms with van der Waals surface area (Å²) in [5.74, 6) is 0.752. The van der Waals surface area contributed by atoms with Crippen molar-refractivity contribution in [1.82, 2.24) is 19.9 Å². The number of nitrogens with zero attached hydrogens (tertiary/aromatic N) is 3. The molecule has 0 aliphatic heterocycles. The number of nitrogens with one attached hydrogen (secondary N) is 1. The van der Waals surface area contributed by atoms with E-state index in [4.69, 9.17) is 0 Å². The topological polar surface area (TPSA) is 42.7 Å². The van der Waals surface area contributed by atoms with E-state index in [1.807, 2.05) is 36.3 Å². The van der Waals surface area contributed by atoms with Crippen molar-refractivity contribution in [2.75, 3.05) is 0 Å². The molecule has 1 saturated carbocycles. The van der Waals surface area contributed by atoms with Crippen LogP contribution < -0.4 is 5.32 Å². The van der Waals surface area contributed by atoms with Crippen LogP contribution in [0.3, 0.4) is 0 Å². The third-order valence-corrected chi connectivity index (χ3v) is 4.85. The van der Waals surface area contributed by atoms with Gasteiger partial charge in [0.15, 0.2) is 0 Å². The Morgan fingerprint density at radius 1 is 1.53 bits per heavy atom. The molecule has 0 spiro atoms. The van der Waals surface area contributed by atoms with Crippen LogP contribution in [0.4, 0.5) is 0 Å². The van der Waals surface area contributed by atoms with E-state index in [2.05, 4.69) is 26.8 Å². The van der Waals surface area contributed by atoms with E-state index in [0.717, 1.165) is 19.0 Å². The molecule has 1 aliphatic rings. The summed E-state index contributed by atoms with van der Waals surface area (Å²) in [4.78, 5) is 9.96. The summed E-state index contributed by atoms with van der Waals surface area (Å²) in [6.07, 6.45) is 11.8. The number of hydrogen-bond acceptors (Lipinski definition) is 4. The van der Waals surface area contributed by atoms with Gasteiger partial charge >= 0.3 is 0 Å². The van der Waals surface area contributed by atoms with Crippen LogP contribution in [0.2, 0.25) is 0 Å². The van der Waals surface area contributed by atoms with Gasteiger partial charge in [0.25, 0.3) is 0 Å². The maximum absolute atomic E-state index is 4.56. The Morgan fingerprint density at radius 2 is 2.42 bits per heavy atom. The minimum atomic E-state index is 0.434. The molecule has 0 saturated heterocycles. The first-order valence-electron chi connectivity index (χ1n) is 6.95. The molecule has 1 atom stereocenters. The Labute approximate surface area is 117 Å². The number of rotatable bonds is 6. The summed E-state index contributed by atoms with van der Waals surface area (Å²) in [5.41, 5.74) is 0. The number of imidazole rings is 1. The maximum atomic E-state index is 4.56. The van der Waals surface area contributed by atoms with Crippen LogP contribution in [0.15, 0.2) is 24.9 Å². The van der Waals surface area contributed by atoms with Crippen molar-refractivity contribution < 1.29 is 0 Å². The first kappa shape index (κ1) is 12.8. The highest BCUT2D eigenvalue weighted by Crippen LogP contribution is 2.38. The summed E-state index contributed by atoms with van der Waals surface area (Å²) in [6, 6.07) is 0.434. The molecular weight excluding hydrogens is 256 g/mol. The van der Waals surface area contributed by atoms with E-state index in [1.165, 1.54) is 29.1 Å². The molecule has 2 aromatic heterocycles. The summed E-state index contributed by atoms with van der Waals surface area (Å²) in [6.45, 7) is 4.07. The predicted octanol–water partition coefficient (Wildman–Crippen LogP) is 2.79. The lowest BCUT2D eigenvalue weighted by atomic mass is 9.86. The Bertz CT molecular complexity index is 501. The molecule has 1 N–H and O–H groups in total. The Kier molecular flexibility index (Phi) is 3.94. The van der Waals surface area contributed by atoms with Gasteiger partial charge in [-0.05, 0) is 19.8 Å². The maximum Gasteiger partial charge on any atom is 0.0959 e.